The second-order valence-electron chi connectivity index (χ2n) is 7.27. The van der Waals surface area contributed by atoms with E-state index in [1.54, 1.807) is 0 Å². The van der Waals surface area contributed by atoms with Crippen LogP contribution in [0.5, 0.6) is 0 Å². The molecule has 0 radical (unpaired) electrons. The van der Waals surface area contributed by atoms with Gasteiger partial charge < -0.3 is 15.2 Å². The van der Waals surface area contributed by atoms with Crippen molar-refractivity contribution in [3.63, 3.8) is 0 Å². The number of rotatable bonds is 5. The van der Waals surface area contributed by atoms with Crippen LogP contribution in [-0.4, -0.2) is 30.8 Å². The lowest BCUT2D eigenvalue weighted by molar-refractivity contribution is -0.153. The van der Waals surface area contributed by atoms with Gasteiger partial charge in [-0.2, -0.15) is 0 Å². The molecule has 1 aliphatic heterocycles. The third kappa shape index (κ3) is 6.96. The standard InChI is InChI=1S/C20H31NO3.ClH/c1-14(2)9-10-17-15(3)24-20(22)18(21)11-12-23-19(17)13-16-7-5-4-6-8-16;/h4-8,14-15,17-19H,9-13,21H2,1-3H3;1H/t15-,17-,18-,19+;/m0./s1. The summed E-state index contributed by atoms with van der Waals surface area (Å²) in [7, 11) is 0. The first-order valence-electron chi connectivity index (χ1n) is 9.09. The molecule has 1 aromatic carbocycles. The number of carbonyl (C=O) groups excluding carboxylic acids is 1. The summed E-state index contributed by atoms with van der Waals surface area (Å²) in [5, 5.41) is 0. The van der Waals surface area contributed by atoms with Gasteiger partial charge >= 0.3 is 5.97 Å². The predicted octanol–water partition coefficient (Wildman–Crippen LogP) is 3.75. The van der Waals surface area contributed by atoms with Crippen LogP contribution in [0.1, 0.15) is 45.6 Å². The smallest absolute Gasteiger partial charge is 0.323 e. The first-order chi connectivity index (χ1) is 11.5. The first kappa shape index (κ1) is 21.9. The average Bonchev–Trinajstić information content (AvgIpc) is 2.58. The van der Waals surface area contributed by atoms with E-state index in [4.69, 9.17) is 15.2 Å². The fourth-order valence-electron chi connectivity index (χ4n) is 3.25. The van der Waals surface area contributed by atoms with Crippen molar-refractivity contribution >= 4 is 18.4 Å². The van der Waals surface area contributed by atoms with Crippen LogP contribution >= 0.6 is 12.4 Å². The molecule has 0 amide bonds. The van der Waals surface area contributed by atoms with Crippen LogP contribution in [-0.2, 0) is 20.7 Å². The Bertz CT molecular complexity index is 509. The Balaban J connectivity index is 0.00000312. The summed E-state index contributed by atoms with van der Waals surface area (Å²) in [6.07, 6.45) is 3.27. The molecule has 5 heteroatoms. The van der Waals surface area contributed by atoms with Gasteiger partial charge in [-0.25, -0.2) is 0 Å². The van der Waals surface area contributed by atoms with Crippen molar-refractivity contribution in [3.05, 3.63) is 35.9 Å². The third-order valence-electron chi connectivity index (χ3n) is 4.80. The summed E-state index contributed by atoms with van der Waals surface area (Å²) in [4.78, 5) is 12.1. The molecule has 25 heavy (non-hydrogen) atoms. The van der Waals surface area contributed by atoms with Crippen molar-refractivity contribution in [2.45, 2.75) is 64.7 Å². The Labute approximate surface area is 157 Å². The maximum atomic E-state index is 12.1. The number of hydrogen-bond acceptors (Lipinski definition) is 4. The molecule has 4 nitrogen and oxygen atoms in total. The lowest BCUT2D eigenvalue weighted by Crippen LogP contribution is -2.38. The molecular formula is C20H32ClNO3. The zero-order valence-electron chi connectivity index (χ0n) is 15.5. The van der Waals surface area contributed by atoms with E-state index in [2.05, 4.69) is 26.0 Å². The highest BCUT2D eigenvalue weighted by molar-refractivity contribution is 5.85. The molecule has 0 aromatic heterocycles. The van der Waals surface area contributed by atoms with Gasteiger partial charge in [0.25, 0.3) is 0 Å². The molecule has 4 atom stereocenters. The maximum absolute atomic E-state index is 12.1. The minimum Gasteiger partial charge on any atom is -0.461 e. The maximum Gasteiger partial charge on any atom is 0.323 e. The summed E-state index contributed by atoms with van der Waals surface area (Å²) >= 11 is 0. The number of benzene rings is 1. The SMILES string of the molecule is CC(C)CC[C@H]1[C@H](C)OC(=O)[C@@H](N)CCO[C@@H]1Cc1ccccc1.Cl. The monoisotopic (exact) mass is 369 g/mol. The Kier molecular flexibility index (Phi) is 9.47. The van der Waals surface area contributed by atoms with E-state index < -0.39 is 6.04 Å². The van der Waals surface area contributed by atoms with Gasteiger partial charge in [-0.05, 0) is 37.7 Å². The Hall–Kier alpha value is -1.10. The number of nitrogens with two attached hydrogens (primary N) is 1. The molecule has 0 spiro atoms. The largest absolute Gasteiger partial charge is 0.461 e. The molecule has 0 saturated carbocycles. The number of cyclic esters (lactones) is 1. The van der Waals surface area contributed by atoms with Gasteiger partial charge in [-0.3, -0.25) is 4.79 Å². The second-order valence-corrected chi connectivity index (χ2v) is 7.27. The number of halogens is 1. The van der Waals surface area contributed by atoms with E-state index in [0.29, 0.717) is 18.9 Å². The van der Waals surface area contributed by atoms with E-state index in [-0.39, 0.29) is 36.5 Å². The normalized spacial score (nSPS) is 27.6. The molecule has 2 N–H and O–H groups in total. The summed E-state index contributed by atoms with van der Waals surface area (Å²) < 4.78 is 11.8. The van der Waals surface area contributed by atoms with Crippen molar-refractivity contribution < 1.29 is 14.3 Å². The van der Waals surface area contributed by atoms with Crippen molar-refractivity contribution in [1.82, 2.24) is 0 Å². The average molecular weight is 370 g/mol. The summed E-state index contributed by atoms with van der Waals surface area (Å²) in [5.74, 6) is 0.489. The van der Waals surface area contributed by atoms with Gasteiger partial charge in [0.2, 0.25) is 0 Å². The molecule has 1 fully saturated rings. The molecule has 142 valence electrons. The number of esters is 1. The number of ether oxygens (including phenoxy) is 2. The van der Waals surface area contributed by atoms with Gasteiger partial charge in [0.1, 0.15) is 12.1 Å². The second kappa shape index (κ2) is 10.8. The Morgan fingerprint density at radius 1 is 1.24 bits per heavy atom. The lowest BCUT2D eigenvalue weighted by Gasteiger charge is -2.31. The highest BCUT2D eigenvalue weighted by atomic mass is 35.5. The quantitative estimate of drug-likeness (QED) is 0.803. The molecule has 0 unspecified atom stereocenters. The molecule has 1 aliphatic rings. The number of hydrogen-bond donors (Lipinski definition) is 1. The number of carbonyl (C=O) groups is 1. The fraction of sp³-hybridized carbons (Fsp3) is 0.650. The molecule has 2 rings (SSSR count). The minimum atomic E-state index is -0.589. The zero-order valence-corrected chi connectivity index (χ0v) is 16.3. The summed E-state index contributed by atoms with van der Waals surface area (Å²) in [6.45, 7) is 6.91. The lowest BCUT2D eigenvalue weighted by atomic mass is 9.86. The Morgan fingerprint density at radius 3 is 2.56 bits per heavy atom. The van der Waals surface area contributed by atoms with E-state index >= 15 is 0 Å². The molecule has 1 aromatic rings. The van der Waals surface area contributed by atoms with Gasteiger partial charge in [0, 0.05) is 12.5 Å². The van der Waals surface area contributed by atoms with Gasteiger partial charge in [0.05, 0.1) is 6.10 Å². The molecule has 0 bridgehead atoms. The fourth-order valence-corrected chi connectivity index (χ4v) is 3.25. The molecule has 1 saturated heterocycles. The predicted molar refractivity (Wildman–Crippen MR) is 103 cm³/mol. The van der Waals surface area contributed by atoms with Crippen LogP contribution < -0.4 is 5.73 Å². The topological polar surface area (TPSA) is 61.5 Å². The van der Waals surface area contributed by atoms with E-state index in [1.807, 2.05) is 25.1 Å². The van der Waals surface area contributed by atoms with Gasteiger partial charge in [-0.1, -0.05) is 50.6 Å². The van der Waals surface area contributed by atoms with E-state index in [1.165, 1.54) is 5.56 Å². The van der Waals surface area contributed by atoms with E-state index in [0.717, 1.165) is 19.3 Å². The minimum absolute atomic E-state index is 0. The zero-order chi connectivity index (χ0) is 17.5. The van der Waals surface area contributed by atoms with Gasteiger partial charge in [0.15, 0.2) is 0 Å². The highest BCUT2D eigenvalue weighted by Crippen LogP contribution is 2.27. The highest BCUT2D eigenvalue weighted by Gasteiger charge is 2.33. The van der Waals surface area contributed by atoms with Crippen molar-refractivity contribution in [2.75, 3.05) is 6.61 Å². The van der Waals surface area contributed by atoms with Crippen LogP contribution in [0.25, 0.3) is 0 Å². The Morgan fingerprint density at radius 2 is 1.92 bits per heavy atom. The van der Waals surface area contributed by atoms with Crippen LogP contribution in [0, 0.1) is 11.8 Å². The third-order valence-corrected chi connectivity index (χ3v) is 4.80. The first-order valence-corrected chi connectivity index (χ1v) is 9.09. The van der Waals surface area contributed by atoms with Crippen LogP contribution in [0.2, 0.25) is 0 Å². The molecular weight excluding hydrogens is 338 g/mol. The molecule has 1 heterocycles. The van der Waals surface area contributed by atoms with Crippen LogP contribution in [0.4, 0.5) is 0 Å². The van der Waals surface area contributed by atoms with Crippen molar-refractivity contribution in [1.29, 1.82) is 0 Å². The van der Waals surface area contributed by atoms with Crippen LogP contribution in [0.3, 0.4) is 0 Å². The summed E-state index contributed by atoms with van der Waals surface area (Å²) in [5.41, 5.74) is 7.14. The van der Waals surface area contributed by atoms with Crippen molar-refractivity contribution in [3.8, 4) is 0 Å². The molecule has 0 aliphatic carbocycles. The van der Waals surface area contributed by atoms with Crippen molar-refractivity contribution in [2.24, 2.45) is 17.6 Å². The van der Waals surface area contributed by atoms with E-state index in [9.17, 15) is 4.79 Å². The summed E-state index contributed by atoms with van der Waals surface area (Å²) in [6, 6.07) is 9.77. The van der Waals surface area contributed by atoms with Crippen LogP contribution in [0.15, 0.2) is 30.3 Å². The van der Waals surface area contributed by atoms with Gasteiger partial charge in [-0.15, -0.1) is 12.4 Å².